The number of carbonyl (C=O) groups is 1. The third-order valence-corrected chi connectivity index (χ3v) is 4.23. The van der Waals surface area contributed by atoms with E-state index in [1.807, 2.05) is 6.07 Å². The Hall–Kier alpha value is -2.92. The van der Waals surface area contributed by atoms with Gasteiger partial charge in [0.05, 0.1) is 16.5 Å². The number of halogens is 1. The molecule has 2 aromatic carbocycles. The number of rotatable bonds is 5. The molecule has 2 rings (SSSR count). The minimum atomic E-state index is -3.57. The maximum Gasteiger partial charge on any atom is 0.341 e. The van der Waals surface area contributed by atoms with Crippen molar-refractivity contribution in [1.29, 1.82) is 5.26 Å². The van der Waals surface area contributed by atoms with Gasteiger partial charge in [0.1, 0.15) is 11.6 Å². The van der Waals surface area contributed by atoms with Gasteiger partial charge in [0.15, 0.2) is 16.4 Å². The number of ether oxygens (including phenoxy) is 1. The number of carboxylic acid groups (broad SMARTS) is 1. The molecule has 0 aliphatic carbocycles. The molecule has 0 aliphatic heterocycles. The Morgan fingerprint density at radius 2 is 1.96 bits per heavy atom. The van der Waals surface area contributed by atoms with E-state index < -0.39 is 28.2 Å². The second-order valence-corrected chi connectivity index (χ2v) is 6.93. The quantitative estimate of drug-likeness (QED) is 0.830. The van der Waals surface area contributed by atoms with Gasteiger partial charge in [0.2, 0.25) is 0 Å². The lowest BCUT2D eigenvalue weighted by Gasteiger charge is -2.12. The first-order valence-electron chi connectivity index (χ1n) is 6.61. The normalized spacial score (nSPS) is 10.9. The minimum Gasteiger partial charge on any atom is -0.481 e. The average molecular weight is 349 g/mol. The zero-order valence-electron chi connectivity index (χ0n) is 12.5. The van der Waals surface area contributed by atoms with Crippen LogP contribution < -0.4 is 4.74 Å². The van der Waals surface area contributed by atoms with Crippen molar-refractivity contribution in [2.24, 2.45) is 0 Å². The maximum absolute atomic E-state index is 14.2. The van der Waals surface area contributed by atoms with Gasteiger partial charge in [0.25, 0.3) is 0 Å². The number of nitrogens with zero attached hydrogens (tertiary/aromatic N) is 1. The van der Waals surface area contributed by atoms with Gasteiger partial charge in [-0.3, -0.25) is 0 Å². The van der Waals surface area contributed by atoms with Crippen LogP contribution in [0.15, 0.2) is 41.3 Å². The van der Waals surface area contributed by atoms with Crippen LogP contribution in [0, 0.1) is 17.1 Å². The molecule has 1 N–H and O–H groups in total. The minimum absolute atomic E-state index is 0.0287. The Morgan fingerprint density at radius 1 is 1.25 bits per heavy atom. The molecule has 0 saturated carbocycles. The highest BCUT2D eigenvalue weighted by atomic mass is 32.2. The zero-order chi connectivity index (χ0) is 17.9. The Morgan fingerprint density at radius 3 is 2.54 bits per heavy atom. The van der Waals surface area contributed by atoms with E-state index in [0.717, 1.165) is 24.5 Å². The maximum atomic E-state index is 14.2. The van der Waals surface area contributed by atoms with E-state index in [4.69, 9.17) is 15.1 Å². The van der Waals surface area contributed by atoms with Gasteiger partial charge in [-0.25, -0.2) is 17.6 Å². The van der Waals surface area contributed by atoms with Gasteiger partial charge in [-0.1, -0.05) is 0 Å². The van der Waals surface area contributed by atoms with E-state index >= 15 is 0 Å². The summed E-state index contributed by atoms with van der Waals surface area (Å²) >= 11 is 0. The van der Waals surface area contributed by atoms with Crippen LogP contribution in [0.3, 0.4) is 0 Å². The van der Waals surface area contributed by atoms with Gasteiger partial charge in [-0.15, -0.1) is 0 Å². The predicted molar refractivity (Wildman–Crippen MR) is 82.8 cm³/mol. The van der Waals surface area contributed by atoms with Crippen molar-refractivity contribution in [2.75, 3.05) is 12.9 Å². The summed E-state index contributed by atoms with van der Waals surface area (Å²) in [5.41, 5.74) is 0.186. The van der Waals surface area contributed by atoms with Crippen molar-refractivity contribution in [3.05, 3.63) is 47.8 Å². The highest BCUT2D eigenvalue weighted by Gasteiger charge is 2.17. The molecule has 8 heteroatoms. The molecular weight excluding hydrogens is 337 g/mol. The van der Waals surface area contributed by atoms with Crippen LogP contribution in [0.2, 0.25) is 0 Å². The molecule has 0 aliphatic rings. The van der Waals surface area contributed by atoms with Gasteiger partial charge < -0.3 is 9.84 Å². The summed E-state index contributed by atoms with van der Waals surface area (Å²) in [6, 6.07) is 9.15. The SMILES string of the molecule is CS(=O)(=O)c1ccc(F)c(-c2cc(C#N)ccc2OCC(=O)O)c1. The summed E-state index contributed by atoms with van der Waals surface area (Å²) in [5.74, 6) is -1.92. The van der Waals surface area contributed by atoms with Crippen LogP contribution in [0.1, 0.15) is 5.56 Å². The van der Waals surface area contributed by atoms with Crippen LogP contribution in [0.4, 0.5) is 4.39 Å². The first-order chi connectivity index (χ1) is 11.2. The number of hydrogen-bond donors (Lipinski definition) is 1. The molecule has 6 nitrogen and oxygen atoms in total. The van der Waals surface area contributed by atoms with Crippen molar-refractivity contribution in [1.82, 2.24) is 0 Å². The fourth-order valence-corrected chi connectivity index (χ4v) is 2.66. The highest BCUT2D eigenvalue weighted by Crippen LogP contribution is 2.34. The van der Waals surface area contributed by atoms with E-state index in [1.54, 1.807) is 0 Å². The van der Waals surface area contributed by atoms with E-state index in [1.165, 1.54) is 18.2 Å². The molecule has 0 aromatic heterocycles. The van der Waals surface area contributed by atoms with E-state index in [-0.39, 0.29) is 27.3 Å². The summed E-state index contributed by atoms with van der Waals surface area (Å²) in [4.78, 5) is 10.6. The summed E-state index contributed by atoms with van der Waals surface area (Å²) in [6.07, 6.45) is 0.984. The standard InChI is InChI=1S/C16H12FNO5S/c1-24(21,22)11-3-4-14(17)12(7-11)13-6-10(8-18)2-5-15(13)23-9-16(19)20/h2-7H,9H2,1H3,(H,19,20). The Bertz CT molecular complexity index is 947. The van der Waals surface area contributed by atoms with Crippen LogP contribution in [0.5, 0.6) is 5.75 Å². The molecule has 0 heterocycles. The number of carboxylic acids is 1. The van der Waals surface area contributed by atoms with Crippen molar-refractivity contribution in [3.8, 4) is 22.9 Å². The first-order valence-corrected chi connectivity index (χ1v) is 8.50. The fourth-order valence-electron chi connectivity index (χ4n) is 2.02. The van der Waals surface area contributed by atoms with Crippen molar-refractivity contribution >= 4 is 15.8 Å². The predicted octanol–water partition coefficient (Wildman–Crippen LogP) is 2.23. The topological polar surface area (TPSA) is 104 Å². The van der Waals surface area contributed by atoms with Crippen molar-refractivity contribution < 1.29 is 27.4 Å². The second-order valence-electron chi connectivity index (χ2n) is 4.92. The van der Waals surface area contributed by atoms with Crippen LogP contribution >= 0.6 is 0 Å². The molecule has 2 aromatic rings. The van der Waals surface area contributed by atoms with E-state index in [2.05, 4.69) is 0 Å². The fraction of sp³-hybridized carbons (Fsp3) is 0.125. The van der Waals surface area contributed by atoms with Crippen LogP contribution in [-0.2, 0) is 14.6 Å². The van der Waals surface area contributed by atoms with E-state index in [9.17, 15) is 17.6 Å². The number of aliphatic carboxylic acids is 1. The third kappa shape index (κ3) is 3.88. The summed E-state index contributed by atoms with van der Waals surface area (Å²) in [7, 11) is -3.57. The summed E-state index contributed by atoms with van der Waals surface area (Å²) in [5, 5.41) is 17.7. The number of hydrogen-bond acceptors (Lipinski definition) is 5. The summed E-state index contributed by atoms with van der Waals surface area (Å²) in [6.45, 7) is -0.660. The monoisotopic (exact) mass is 349 g/mol. The lowest BCUT2D eigenvalue weighted by molar-refractivity contribution is -0.139. The van der Waals surface area contributed by atoms with Crippen molar-refractivity contribution in [2.45, 2.75) is 4.90 Å². The van der Waals surface area contributed by atoms with Crippen LogP contribution in [-0.4, -0.2) is 32.4 Å². The smallest absolute Gasteiger partial charge is 0.341 e. The van der Waals surface area contributed by atoms with Gasteiger partial charge in [-0.05, 0) is 36.4 Å². The van der Waals surface area contributed by atoms with Crippen LogP contribution in [0.25, 0.3) is 11.1 Å². The molecule has 0 saturated heterocycles. The second kappa shape index (κ2) is 6.68. The zero-order valence-corrected chi connectivity index (χ0v) is 13.3. The molecule has 0 amide bonds. The lowest BCUT2D eigenvalue weighted by atomic mass is 10.0. The lowest BCUT2D eigenvalue weighted by Crippen LogP contribution is -2.10. The average Bonchev–Trinajstić information content (AvgIpc) is 2.52. The number of nitriles is 1. The molecule has 24 heavy (non-hydrogen) atoms. The molecule has 0 spiro atoms. The highest BCUT2D eigenvalue weighted by molar-refractivity contribution is 7.90. The third-order valence-electron chi connectivity index (χ3n) is 3.12. The van der Waals surface area contributed by atoms with Crippen molar-refractivity contribution in [3.63, 3.8) is 0 Å². The molecular formula is C16H12FNO5S. The molecule has 0 fully saturated rings. The molecule has 0 unspecified atom stereocenters. The first kappa shape index (κ1) is 17.4. The Balaban J connectivity index is 2.66. The molecule has 0 bridgehead atoms. The molecule has 124 valence electrons. The van der Waals surface area contributed by atoms with E-state index in [0.29, 0.717) is 0 Å². The number of benzene rings is 2. The Labute approximate surface area is 137 Å². The van der Waals surface area contributed by atoms with Gasteiger partial charge in [0, 0.05) is 17.4 Å². The van der Waals surface area contributed by atoms with Gasteiger partial charge >= 0.3 is 5.97 Å². The largest absolute Gasteiger partial charge is 0.481 e. The number of sulfone groups is 1. The molecule has 0 atom stereocenters. The Kier molecular flexibility index (Phi) is 4.85. The van der Waals surface area contributed by atoms with Gasteiger partial charge in [-0.2, -0.15) is 5.26 Å². The summed E-state index contributed by atoms with van der Waals surface area (Å²) < 4.78 is 42.7. The molecule has 0 radical (unpaired) electrons.